The Bertz CT molecular complexity index is 688. The lowest BCUT2D eigenvalue weighted by Crippen LogP contribution is -2.07. The molecular weight excluding hydrogens is 274 g/mol. The summed E-state index contributed by atoms with van der Waals surface area (Å²) in [6.45, 7) is 4.87. The van der Waals surface area contributed by atoms with Crippen LogP contribution in [-0.4, -0.2) is 30.8 Å². The van der Waals surface area contributed by atoms with Crippen LogP contribution in [0.2, 0.25) is 0 Å². The van der Waals surface area contributed by atoms with Crippen LogP contribution in [0.25, 0.3) is 5.69 Å². The van der Waals surface area contributed by atoms with Gasteiger partial charge in [0.15, 0.2) is 9.84 Å². The summed E-state index contributed by atoms with van der Waals surface area (Å²) in [4.78, 5) is 4.75. The molecule has 0 unspecified atom stereocenters. The Morgan fingerprint density at radius 2 is 1.90 bits per heavy atom. The van der Waals surface area contributed by atoms with Gasteiger partial charge in [0.25, 0.3) is 0 Å². The van der Waals surface area contributed by atoms with Crippen molar-refractivity contribution in [2.24, 2.45) is 0 Å². The summed E-state index contributed by atoms with van der Waals surface area (Å²) in [6, 6.07) is 6.80. The van der Waals surface area contributed by atoms with Crippen molar-refractivity contribution in [2.45, 2.75) is 25.2 Å². The molecule has 0 bridgehead atoms. The van der Waals surface area contributed by atoms with Crippen LogP contribution >= 0.6 is 0 Å². The Labute approximate surface area is 119 Å². The van der Waals surface area contributed by atoms with E-state index >= 15 is 0 Å². The maximum absolute atomic E-state index is 11.5. The lowest BCUT2D eigenvalue weighted by atomic mass is 10.3. The van der Waals surface area contributed by atoms with Gasteiger partial charge in [-0.25, -0.2) is 13.4 Å². The number of aryl methyl sites for hydroxylation is 1. The van der Waals surface area contributed by atoms with Crippen molar-refractivity contribution in [1.29, 1.82) is 0 Å². The number of hydrogen-bond donors (Lipinski definition) is 1. The van der Waals surface area contributed by atoms with Gasteiger partial charge in [-0.15, -0.1) is 0 Å². The van der Waals surface area contributed by atoms with E-state index in [1.165, 1.54) is 6.26 Å². The fraction of sp³-hybridized carbons (Fsp3) is 0.357. The van der Waals surface area contributed by atoms with Crippen molar-refractivity contribution >= 4 is 15.8 Å². The summed E-state index contributed by atoms with van der Waals surface area (Å²) >= 11 is 0. The summed E-state index contributed by atoms with van der Waals surface area (Å²) in [5.74, 6) is 0.774. The van der Waals surface area contributed by atoms with E-state index in [0.717, 1.165) is 30.3 Å². The normalized spacial score (nSPS) is 11.6. The van der Waals surface area contributed by atoms with Crippen molar-refractivity contribution in [1.82, 2.24) is 9.55 Å². The number of benzene rings is 1. The first kappa shape index (κ1) is 14.6. The molecule has 2 rings (SSSR count). The Kier molecular flexibility index (Phi) is 4.13. The molecule has 0 saturated heterocycles. The van der Waals surface area contributed by atoms with Gasteiger partial charge in [-0.2, -0.15) is 0 Å². The van der Waals surface area contributed by atoms with E-state index in [9.17, 15) is 8.42 Å². The maximum Gasteiger partial charge on any atom is 0.207 e. The molecule has 0 aliphatic rings. The lowest BCUT2D eigenvalue weighted by Gasteiger charge is -2.09. The highest BCUT2D eigenvalue weighted by molar-refractivity contribution is 7.90. The monoisotopic (exact) mass is 293 g/mol. The van der Waals surface area contributed by atoms with Crippen LogP contribution < -0.4 is 5.32 Å². The summed E-state index contributed by atoms with van der Waals surface area (Å²) in [5, 5.41) is 3.26. The maximum atomic E-state index is 11.5. The molecule has 2 aromatic rings. The molecule has 0 spiro atoms. The van der Waals surface area contributed by atoms with Gasteiger partial charge in [0.05, 0.1) is 10.6 Å². The first-order valence-corrected chi connectivity index (χ1v) is 8.41. The first-order chi connectivity index (χ1) is 9.41. The molecule has 0 radical (unpaired) electrons. The highest BCUT2D eigenvalue weighted by atomic mass is 32.2. The highest BCUT2D eigenvalue weighted by Crippen LogP contribution is 2.19. The van der Waals surface area contributed by atoms with Crippen LogP contribution in [0.5, 0.6) is 0 Å². The van der Waals surface area contributed by atoms with Gasteiger partial charge in [-0.3, -0.25) is 4.57 Å². The molecule has 1 N–H and O–H groups in total. The smallest absolute Gasteiger partial charge is 0.207 e. The van der Waals surface area contributed by atoms with Crippen LogP contribution in [0.1, 0.15) is 19.0 Å². The molecule has 1 heterocycles. The van der Waals surface area contributed by atoms with Crippen molar-refractivity contribution in [2.75, 3.05) is 18.1 Å². The molecule has 1 aromatic carbocycles. The average Bonchev–Trinajstić information content (AvgIpc) is 2.76. The number of hydrogen-bond acceptors (Lipinski definition) is 4. The molecule has 6 heteroatoms. The minimum absolute atomic E-state index is 0.321. The molecule has 1 aromatic heterocycles. The Morgan fingerprint density at radius 3 is 2.45 bits per heavy atom. The predicted octanol–water partition coefficient (Wildman–Crippen LogP) is 2.41. The van der Waals surface area contributed by atoms with Crippen LogP contribution in [0, 0.1) is 6.92 Å². The van der Waals surface area contributed by atoms with Crippen LogP contribution in [-0.2, 0) is 9.84 Å². The van der Waals surface area contributed by atoms with Crippen LogP contribution in [0.15, 0.2) is 35.4 Å². The van der Waals surface area contributed by atoms with Crippen molar-refractivity contribution < 1.29 is 8.42 Å². The zero-order chi connectivity index (χ0) is 14.8. The zero-order valence-electron chi connectivity index (χ0n) is 11.9. The van der Waals surface area contributed by atoms with E-state index in [-0.39, 0.29) is 0 Å². The molecular formula is C14H19N3O2S. The standard InChI is InChI=1S/C14H19N3O2S/c1-4-9-15-14-16-11(2)10-17(14)12-5-7-13(8-6-12)20(3,18)19/h5-8,10H,4,9H2,1-3H3,(H,15,16). The third-order valence-corrected chi connectivity index (χ3v) is 4.03. The van der Waals surface area contributed by atoms with E-state index in [1.807, 2.05) is 17.7 Å². The molecule has 0 aliphatic carbocycles. The second-order valence-electron chi connectivity index (χ2n) is 4.77. The molecule has 0 saturated carbocycles. The third-order valence-electron chi connectivity index (χ3n) is 2.90. The van der Waals surface area contributed by atoms with E-state index in [1.54, 1.807) is 24.3 Å². The average molecular weight is 293 g/mol. The summed E-state index contributed by atoms with van der Waals surface area (Å²) in [5.41, 5.74) is 1.80. The van der Waals surface area contributed by atoms with Gasteiger partial charge in [0, 0.05) is 24.7 Å². The Balaban J connectivity index is 2.36. The SMILES string of the molecule is CCCNc1nc(C)cn1-c1ccc(S(C)(=O)=O)cc1. The van der Waals surface area contributed by atoms with Crippen molar-refractivity contribution in [3.05, 3.63) is 36.2 Å². The minimum Gasteiger partial charge on any atom is -0.355 e. The number of sulfone groups is 1. The number of nitrogens with zero attached hydrogens (tertiary/aromatic N) is 2. The Morgan fingerprint density at radius 1 is 1.25 bits per heavy atom. The van der Waals surface area contributed by atoms with Crippen molar-refractivity contribution in [3.63, 3.8) is 0 Å². The van der Waals surface area contributed by atoms with Gasteiger partial charge >= 0.3 is 0 Å². The molecule has 108 valence electrons. The van der Waals surface area contributed by atoms with Gasteiger partial charge in [0.2, 0.25) is 5.95 Å². The molecule has 5 nitrogen and oxygen atoms in total. The van der Waals surface area contributed by atoms with Crippen LogP contribution in [0.3, 0.4) is 0 Å². The van der Waals surface area contributed by atoms with Gasteiger partial charge in [-0.1, -0.05) is 6.92 Å². The summed E-state index contributed by atoms with van der Waals surface area (Å²) in [7, 11) is -3.16. The summed E-state index contributed by atoms with van der Waals surface area (Å²) in [6.07, 6.45) is 4.14. The zero-order valence-corrected chi connectivity index (χ0v) is 12.7. The number of anilines is 1. The van der Waals surface area contributed by atoms with Crippen LogP contribution in [0.4, 0.5) is 5.95 Å². The molecule has 20 heavy (non-hydrogen) atoms. The van der Waals surface area contributed by atoms with Crippen molar-refractivity contribution in [3.8, 4) is 5.69 Å². The molecule has 0 aliphatic heterocycles. The number of rotatable bonds is 5. The summed E-state index contributed by atoms with van der Waals surface area (Å²) < 4.78 is 24.9. The molecule has 0 atom stereocenters. The largest absolute Gasteiger partial charge is 0.355 e. The fourth-order valence-electron chi connectivity index (χ4n) is 1.91. The quantitative estimate of drug-likeness (QED) is 0.919. The number of nitrogens with one attached hydrogen (secondary N) is 1. The van der Waals surface area contributed by atoms with Gasteiger partial charge < -0.3 is 5.32 Å². The van der Waals surface area contributed by atoms with Gasteiger partial charge in [-0.05, 0) is 37.6 Å². The lowest BCUT2D eigenvalue weighted by molar-refractivity contribution is 0.602. The minimum atomic E-state index is -3.16. The Hall–Kier alpha value is -1.82. The second-order valence-corrected chi connectivity index (χ2v) is 6.78. The van der Waals surface area contributed by atoms with E-state index in [2.05, 4.69) is 17.2 Å². The first-order valence-electron chi connectivity index (χ1n) is 6.52. The topological polar surface area (TPSA) is 64.0 Å². The predicted molar refractivity (Wildman–Crippen MR) is 80.2 cm³/mol. The van der Waals surface area contributed by atoms with E-state index in [0.29, 0.717) is 4.90 Å². The third kappa shape index (κ3) is 3.19. The second kappa shape index (κ2) is 5.66. The van der Waals surface area contributed by atoms with E-state index in [4.69, 9.17) is 0 Å². The molecule has 0 fully saturated rings. The number of aromatic nitrogens is 2. The fourth-order valence-corrected chi connectivity index (χ4v) is 2.54. The highest BCUT2D eigenvalue weighted by Gasteiger charge is 2.09. The number of imidazole rings is 1. The molecule has 0 amide bonds. The van der Waals surface area contributed by atoms with Gasteiger partial charge in [0.1, 0.15) is 0 Å². The van der Waals surface area contributed by atoms with E-state index < -0.39 is 9.84 Å².